The van der Waals surface area contributed by atoms with E-state index in [-0.39, 0.29) is 0 Å². The molecular formula is C17H20N2. The molecule has 0 spiro atoms. The molecule has 1 atom stereocenters. The fourth-order valence-corrected chi connectivity index (χ4v) is 2.85. The summed E-state index contributed by atoms with van der Waals surface area (Å²) in [4.78, 5) is 2.53. The lowest BCUT2D eigenvalue weighted by Gasteiger charge is -2.16. The molecule has 1 saturated heterocycles. The lowest BCUT2D eigenvalue weighted by Crippen LogP contribution is -2.19. The third-order valence-corrected chi connectivity index (χ3v) is 3.93. The first-order valence-electron chi connectivity index (χ1n) is 6.93. The van der Waals surface area contributed by atoms with Gasteiger partial charge >= 0.3 is 0 Å². The van der Waals surface area contributed by atoms with Crippen LogP contribution in [-0.2, 0) is 6.54 Å². The summed E-state index contributed by atoms with van der Waals surface area (Å²) in [5.74, 6) is 0.690. The van der Waals surface area contributed by atoms with Crippen LogP contribution < -0.4 is 5.73 Å². The molecule has 2 N–H and O–H groups in total. The maximum Gasteiger partial charge on any atom is 0.0314 e. The highest BCUT2D eigenvalue weighted by Crippen LogP contribution is 2.27. The van der Waals surface area contributed by atoms with E-state index in [1.165, 1.54) is 24.1 Å². The largest absolute Gasteiger partial charge is 0.399 e. The number of nitrogens with zero attached hydrogens (tertiary/aromatic N) is 1. The van der Waals surface area contributed by atoms with E-state index in [9.17, 15) is 0 Å². The van der Waals surface area contributed by atoms with Gasteiger partial charge in [0.15, 0.2) is 0 Å². The third-order valence-electron chi connectivity index (χ3n) is 3.93. The molecule has 19 heavy (non-hydrogen) atoms. The van der Waals surface area contributed by atoms with Gasteiger partial charge in [-0.3, -0.25) is 4.90 Å². The summed E-state index contributed by atoms with van der Waals surface area (Å²) in [5, 5.41) is 0. The van der Waals surface area contributed by atoms with Crippen LogP contribution in [-0.4, -0.2) is 18.0 Å². The molecule has 1 unspecified atom stereocenters. The summed E-state index contributed by atoms with van der Waals surface area (Å²) in [6.45, 7) is 3.38. The van der Waals surface area contributed by atoms with E-state index in [0.29, 0.717) is 5.92 Å². The molecule has 1 fully saturated rings. The number of rotatable bonds is 3. The summed E-state index contributed by atoms with van der Waals surface area (Å²) in [7, 11) is 0. The van der Waals surface area contributed by atoms with E-state index in [1.807, 2.05) is 12.1 Å². The second-order valence-corrected chi connectivity index (χ2v) is 5.37. The fraction of sp³-hybridized carbons (Fsp3) is 0.294. The average molecular weight is 252 g/mol. The van der Waals surface area contributed by atoms with Gasteiger partial charge in [-0.25, -0.2) is 0 Å². The number of hydrogen-bond acceptors (Lipinski definition) is 2. The molecule has 2 heteroatoms. The number of benzene rings is 2. The Kier molecular flexibility index (Phi) is 3.51. The highest BCUT2D eigenvalue weighted by atomic mass is 15.1. The maximum atomic E-state index is 5.72. The van der Waals surface area contributed by atoms with Gasteiger partial charge < -0.3 is 5.73 Å². The van der Waals surface area contributed by atoms with Crippen molar-refractivity contribution in [1.29, 1.82) is 0 Å². The normalized spacial score (nSPS) is 19.7. The van der Waals surface area contributed by atoms with Crippen molar-refractivity contribution in [1.82, 2.24) is 4.90 Å². The molecule has 98 valence electrons. The molecule has 0 bridgehead atoms. The van der Waals surface area contributed by atoms with Crippen molar-refractivity contribution >= 4 is 5.69 Å². The van der Waals surface area contributed by atoms with Crippen LogP contribution in [0.3, 0.4) is 0 Å². The summed E-state index contributed by atoms with van der Waals surface area (Å²) < 4.78 is 0. The first kappa shape index (κ1) is 12.2. The topological polar surface area (TPSA) is 29.3 Å². The quantitative estimate of drug-likeness (QED) is 0.850. The predicted molar refractivity (Wildman–Crippen MR) is 79.9 cm³/mol. The van der Waals surface area contributed by atoms with Crippen LogP contribution in [0.25, 0.3) is 0 Å². The molecule has 0 amide bonds. The zero-order valence-corrected chi connectivity index (χ0v) is 11.1. The van der Waals surface area contributed by atoms with Gasteiger partial charge in [0.2, 0.25) is 0 Å². The third kappa shape index (κ3) is 2.96. The molecule has 0 radical (unpaired) electrons. The van der Waals surface area contributed by atoms with E-state index in [2.05, 4.69) is 47.4 Å². The Morgan fingerprint density at radius 1 is 1.00 bits per heavy atom. The van der Waals surface area contributed by atoms with Gasteiger partial charge in [0.1, 0.15) is 0 Å². The van der Waals surface area contributed by atoms with E-state index >= 15 is 0 Å². The van der Waals surface area contributed by atoms with Gasteiger partial charge in [0.25, 0.3) is 0 Å². The zero-order valence-electron chi connectivity index (χ0n) is 11.1. The summed E-state index contributed by atoms with van der Waals surface area (Å²) >= 11 is 0. The Balaban J connectivity index is 1.62. The predicted octanol–water partition coefficient (Wildman–Crippen LogP) is 3.26. The van der Waals surface area contributed by atoms with E-state index in [1.54, 1.807) is 0 Å². The summed E-state index contributed by atoms with van der Waals surface area (Å²) in [6.07, 6.45) is 1.26. The van der Waals surface area contributed by atoms with Crippen molar-refractivity contribution in [2.24, 2.45) is 0 Å². The lowest BCUT2D eigenvalue weighted by atomic mass is 9.99. The lowest BCUT2D eigenvalue weighted by molar-refractivity contribution is 0.327. The average Bonchev–Trinajstić information content (AvgIpc) is 2.91. The Labute approximate surface area is 114 Å². The number of likely N-dealkylation sites (tertiary alicyclic amines) is 1. The Morgan fingerprint density at radius 2 is 1.74 bits per heavy atom. The molecule has 2 nitrogen and oxygen atoms in total. The molecule has 1 heterocycles. The van der Waals surface area contributed by atoms with Crippen LogP contribution >= 0.6 is 0 Å². The summed E-state index contributed by atoms with van der Waals surface area (Å²) in [6, 6.07) is 19.1. The molecule has 3 rings (SSSR count). The molecule has 0 aliphatic carbocycles. The minimum atomic E-state index is 0.690. The van der Waals surface area contributed by atoms with Gasteiger partial charge in [-0.05, 0) is 42.1 Å². The molecule has 0 aromatic heterocycles. The molecular weight excluding hydrogens is 232 g/mol. The van der Waals surface area contributed by atoms with Crippen molar-refractivity contribution in [2.45, 2.75) is 18.9 Å². The second-order valence-electron chi connectivity index (χ2n) is 5.37. The SMILES string of the molecule is Nc1ccc(CN2CCC(c3ccccc3)C2)cc1. The zero-order chi connectivity index (χ0) is 13.1. The van der Waals surface area contributed by atoms with Crippen molar-refractivity contribution in [3.63, 3.8) is 0 Å². The monoisotopic (exact) mass is 252 g/mol. The number of nitrogen functional groups attached to an aromatic ring is 1. The smallest absolute Gasteiger partial charge is 0.0314 e. The fourth-order valence-electron chi connectivity index (χ4n) is 2.85. The highest BCUT2D eigenvalue weighted by Gasteiger charge is 2.23. The van der Waals surface area contributed by atoms with E-state index in [4.69, 9.17) is 5.73 Å². The Hall–Kier alpha value is -1.80. The van der Waals surface area contributed by atoms with Crippen LogP contribution in [0, 0.1) is 0 Å². The van der Waals surface area contributed by atoms with Crippen LogP contribution in [0.1, 0.15) is 23.5 Å². The molecule has 2 aromatic rings. The minimum Gasteiger partial charge on any atom is -0.399 e. The van der Waals surface area contributed by atoms with Gasteiger partial charge in [0, 0.05) is 18.8 Å². The molecule has 1 aliphatic rings. The van der Waals surface area contributed by atoms with Gasteiger partial charge in [-0.1, -0.05) is 42.5 Å². The van der Waals surface area contributed by atoms with Crippen LogP contribution in [0.5, 0.6) is 0 Å². The molecule has 0 saturated carbocycles. The van der Waals surface area contributed by atoms with Crippen molar-refractivity contribution in [3.05, 3.63) is 65.7 Å². The number of nitrogens with two attached hydrogens (primary N) is 1. The van der Waals surface area contributed by atoms with Gasteiger partial charge in [-0.15, -0.1) is 0 Å². The van der Waals surface area contributed by atoms with E-state index in [0.717, 1.165) is 18.8 Å². The Bertz CT molecular complexity index is 519. The van der Waals surface area contributed by atoms with Gasteiger partial charge in [0.05, 0.1) is 0 Å². The first-order chi connectivity index (χ1) is 9.31. The minimum absolute atomic E-state index is 0.690. The Morgan fingerprint density at radius 3 is 2.47 bits per heavy atom. The summed E-state index contributed by atoms with van der Waals surface area (Å²) in [5.41, 5.74) is 9.38. The highest BCUT2D eigenvalue weighted by molar-refractivity contribution is 5.39. The van der Waals surface area contributed by atoms with Crippen molar-refractivity contribution in [2.75, 3.05) is 18.8 Å². The van der Waals surface area contributed by atoms with E-state index < -0.39 is 0 Å². The van der Waals surface area contributed by atoms with Crippen molar-refractivity contribution < 1.29 is 0 Å². The number of anilines is 1. The molecule has 1 aliphatic heterocycles. The van der Waals surface area contributed by atoms with Crippen LogP contribution in [0.2, 0.25) is 0 Å². The standard InChI is InChI=1S/C17H20N2/c18-17-8-6-14(7-9-17)12-19-11-10-16(13-19)15-4-2-1-3-5-15/h1-9,16H,10-13,18H2. The first-order valence-corrected chi connectivity index (χ1v) is 6.93. The molecule has 2 aromatic carbocycles. The van der Waals surface area contributed by atoms with Crippen LogP contribution in [0.15, 0.2) is 54.6 Å². The van der Waals surface area contributed by atoms with Crippen LogP contribution in [0.4, 0.5) is 5.69 Å². The van der Waals surface area contributed by atoms with Gasteiger partial charge in [-0.2, -0.15) is 0 Å². The second kappa shape index (κ2) is 5.45. The van der Waals surface area contributed by atoms with Crippen molar-refractivity contribution in [3.8, 4) is 0 Å². The number of hydrogen-bond donors (Lipinski definition) is 1. The maximum absolute atomic E-state index is 5.72.